The van der Waals surface area contributed by atoms with Crippen molar-refractivity contribution in [2.45, 2.75) is 32.2 Å². The molecule has 14 heavy (non-hydrogen) atoms. The SMILES string of the molecule is COCCN(C)C(=O)CCC(C)(C)N. The molecule has 0 aromatic rings. The van der Waals surface area contributed by atoms with E-state index >= 15 is 0 Å². The van der Waals surface area contributed by atoms with E-state index in [2.05, 4.69) is 0 Å². The number of rotatable bonds is 6. The van der Waals surface area contributed by atoms with Crippen LogP contribution in [0.4, 0.5) is 0 Å². The Balaban J connectivity index is 3.73. The fourth-order valence-electron chi connectivity index (χ4n) is 0.973. The van der Waals surface area contributed by atoms with Crippen LogP contribution in [0.25, 0.3) is 0 Å². The maximum absolute atomic E-state index is 11.5. The number of nitrogens with two attached hydrogens (primary N) is 1. The Morgan fingerprint density at radius 1 is 1.50 bits per heavy atom. The molecule has 0 spiro atoms. The zero-order valence-corrected chi connectivity index (χ0v) is 9.67. The number of hydrogen-bond donors (Lipinski definition) is 1. The molecule has 0 fully saturated rings. The Hall–Kier alpha value is -0.610. The predicted octanol–water partition coefficient (Wildman–Crippen LogP) is 0.609. The molecule has 0 aromatic carbocycles. The maximum Gasteiger partial charge on any atom is 0.222 e. The Bertz CT molecular complexity index is 175. The summed E-state index contributed by atoms with van der Waals surface area (Å²) in [5.41, 5.74) is 5.52. The van der Waals surface area contributed by atoms with Crippen LogP contribution in [-0.2, 0) is 9.53 Å². The van der Waals surface area contributed by atoms with Crippen LogP contribution in [0.3, 0.4) is 0 Å². The molecule has 0 aromatic heterocycles. The third-order valence-corrected chi connectivity index (χ3v) is 2.04. The summed E-state index contributed by atoms with van der Waals surface area (Å²) >= 11 is 0. The third kappa shape index (κ3) is 6.86. The first-order valence-electron chi connectivity index (χ1n) is 4.88. The Labute approximate surface area is 86.4 Å². The number of amides is 1. The third-order valence-electron chi connectivity index (χ3n) is 2.04. The largest absolute Gasteiger partial charge is 0.383 e. The van der Waals surface area contributed by atoms with Crippen LogP contribution in [0.5, 0.6) is 0 Å². The summed E-state index contributed by atoms with van der Waals surface area (Å²) in [4.78, 5) is 13.2. The quantitative estimate of drug-likeness (QED) is 0.686. The second-order valence-corrected chi connectivity index (χ2v) is 4.30. The number of carbonyl (C=O) groups is 1. The van der Waals surface area contributed by atoms with E-state index in [4.69, 9.17) is 10.5 Å². The van der Waals surface area contributed by atoms with E-state index in [0.29, 0.717) is 26.0 Å². The van der Waals surface area contributed by atoms with Crippen LogP contribution in [0, 0.1) is 0 Å². The van der Waals surface area contributed by atoms with Gasteiger partial charge in [-0.2, -0.15) is 0 Å². The lowest BCUT2D eigenvalue weighted by Gasteiger charge is -2.21. The number of methoxy groups -OCH3 is 1. The molecule has 0 heterocycles. The van der Waals surface area contributed by atoms with Crippen molar-refractivity contribution in [3.8, 4) is 0 Å². The van der Waals surface area contributed by atoms with E-state index in [-0.39, 0.29) is 11.4 Å². The van der Waals surface area contributed by atoms with Gasteiger partial charge in [-0.15, -0.1) is 0 Å². The van der Waals surface area contributed by atoms with Crippen LogP contribution in [-0.4, -0.2) is 43.7 Å². The molecule has 4 heteroatoms. The van der Waals surface area contributed by atoms with Gasteiger partial charge in [0.1, 0.15) is 0 Å². The van der Waals surface area contributed by atoms with Gasteiger partial charge in [0, 0.05) is 32.7 Å². The summed E-state index contributed by atoms with van der Waals surface area (Å²) in [6, 6.07) is 0. The molecule has 0 aliphatic heterocycles. The first-order chi connectivity index (χ1) is 6.37. The van der Waals surface area contributed by atoms with Crippen molar-refractivity contribution >= 4 is 5.91 Å². The topological polar surface area (TPSA) is 55.6 Å². The van der Waals surface area contributed by atoms with Gasteiger partial charge < -0.3 is 15.4 Å². The molecule has 2 N–H and O–H groups in total. The van der Waals surface area contributed by atoms with Crippen molar-refractivity contribution in [1.82, 2.24) is 4.90 Å². The number of hydrogen-bond acceptors (Lipinski definition) is 3. The molecule has 0 atom stereocenters. The molecule has 0 aliphatic rings. The highest BCUT2D eigenvalue weighted by molar-refractivity contribution is 5.75. The Morgan fingerprint density at radius 2 is 2.07 bits per heavy atom. The van der Waals surface area contributed by atoms with Crippen molar-refractivity contribution in [3.05, 3.63) is 0 Å². The predicted molar refractivity (Wildman–Crippen MR) is 57.0 cm³/mol. The van der Waals surface area contributed by atoms with E-state index < -0.39 is 0 Å². The van der Waals surface area contributed by atoms with Gasteiger partial charge in [0.15, 0.2) is 0 Å². The van der Waals surface area contributed by atoms with Gasteiger partial charge in [0.25, 0.3) is 0 Å². The molecule has 4 nitrogen and oxygen atoms in total. The Morgan fingerprint density at radius 3 is 2.50 bits per heavy atom. The first-order valence-corrected chi connectivity index (χ1v) is 4.88. The van der Waals surface area contributed by atoms with Crippen LogP contribution in [0.1, 0.15) is 26.7 Å². The summed E-state index contributed by atoms with van der Waals surface area (Å²) in [6.07, 6.45) is 1.22. The highest BCUT2D eigenvalue weighted by Gasteiger charge is 2.15. The van der Waals surface area contributed by atoms with Gasteiger partial charge in [-0.1, -0.05) is 0 Å². The summed E-state index contributed by atoms with van der Waals surface area (Å²) in [7, 11) is 3.41. The number of nitrogens with zero attached hydrogens (tertiary/aromatic N) is 1. The molecule has 1 amide bonds. The van der Waals surface area contributed by atoms with Gasteiger partial charge >= 0.3 is 0 Å². The normalized spacial score (nSPS) is 11.5. The van der Waals surface area contributed by atoms with Crippen LogP contribution in [0.15, 0.2) is 0 Å². The lowest BCUT2D eigenvalue weighted by Crippen LogP contribution is -2.35. The van der Waals surface area contributed by atoms with Crippen LogP contribution >= 0.6 is 0 Å². The van der Waals surface area contributed by atoms with Crippen molar-refractivity contribution in [1.29, 1.82) is 0 Å². The molecular weight excluding hydrogens is 180 g/mol. The van der Waals surface area contributed by atoms with Gasteiger partial charge in [-0.05, 0) is 20.3 Å². The molecule has 0 aliphatic carbocycles. The van der Waals surface area contributed by atoms with Crippen molar-refractivity contribution in [3.63, 3.8) is 0 Å². The Kier molecular flexibility index (Phi) is 5.72. The molecule has 84 valence electrons. The van der Waals surface area contributed by atoms with Crippen molar-refractivity contribution in [2.75, 3.05) is 27.3 Å². The van der Waals surface area contributed by atoms with E-state index in [1.54, 1.807) is 19.1 Å². The lowest BCUT2D eigenvalue weighted by molar-refractivity contribution is -0.130. The zero-order chi connectivity index (χ0) is 11.2. The minimum absolute atomic E-state index is 0.126. The van der Waals surface area contributed by atoms with Gasteiger partial charge in [0.05, 0.1) is 6.61 Å². The van der Waals surface area contributed by atoms with Crippen molar-refractivity contribution < 1.29 is 9.53 Å². The molecule has 0 saturated carbocycles. The highest BCUT2D eigenvalue weighted by Crippen LogP contribution is 2.08. The molecule has 0 radical (unpaired) electrons. The zero-order valence-electron chi connectivity index (χ0n) is 9.67. The fraction of sp³-hybridized carbons (Fsp3) is 0.900. The molecule has 0 unspecified atom stereocenters. The summed E-state index contributed by atoms with van der Waals surface area (Å²) < 4.78 is 4.89. The average Bonchev–Trinajstić information content (AvgIpc) is 2.09. The second kappa shape index (κ2) is 5.98. The summed E-state index contributed by atoms with van der Waals surface area (Å²) in [5.74, 6) is 0.126. The molecular formula is C10H22N2O2. The molecule has 0 bridgehead atoms. The molecule has 0 saturated heterocycles. The highest BCUT2D eigenvalue weighted by atomic mass is 16.5. The first kappa shape index (κ1) is 13.4. The lowest BCUT2D eigenvalue weighted by atomic mass is 10.00. The van der Waals surface area contributed by atoms with Gasteiger partial charge in [-0.3, -0.25) is 4.79 Å². The number of ether oxygens (including phenoxy) is 1. The minimum Gasteiger partial charge on any atom is -0.383 e. The van der Waals surface area contributed by atoms with E-state index in [1.165, 1.54) is 0 Å². The van der Waals surface area contributed by atoms with Crippen LogP contribution in [0.2, 0.25) is 0 Å². The van der Waals surface area contributed by atoms with Gasteiger partial charge in [-0.25, -0.2) is 0 Å². The number of carbonyl (C=O) groups excluding carboxylic acids is 1. The van der Waals surface area contributed by atoms with Crippen LogP contribution < -0.4 is 5.73 Å². The van der Waals surface area contributed by atoms with Gasteiger partial charge in [0.2, 0.25) is 5.91 Å². The second-order valence-electron chi connectivity index (χ2n) is 4.30. The number of likely N-dealkylation sites (N-methyl/N-ethyl adjacent to an activating group) is 1. The van der Waals surface area contributed by atoms with E-state index in [9.17, 15) is 4.79 Å². The smallest absolute Gasteiger partial charge is 0.222 e. The fourth-order valence-corrected chi connectivity index (χ4v) is 0.973. The van der Waals surface area contributed by atoms with E-state index in [1.807, 2.05) is 13.8 Å². The standard InChI is InChI=1S/C10H22N2O2/c1-10(2,11)6-5-9(13)12(3)7-8-14-4/h5-8,11H2,1-4H3. The summed E-state index contributed by atoms with van der Waals surface area (Å²) in [5, 5.41) is 0. The summed E-state index contributed by atoms with van der Waals surface area (Å²) in [6.45, 7) is 5.07. The van der Waals surface area contributed by atoms with E-state index in [0.717, 1.165) is 0 Å². The average molecular weight is 202 g/mol. The monoisotopic (exact) mass is 202 g/mol. The minimum atomic E-state index is -0.266. The maximum atomic E-state index is 11.5. The van der Waals surface area contributed by atoms with Crippen molar-refractivity contribution in [2.24, 2.45) is 5.73 Å². The molecule has 0 rings (SSSR count).